The van der Waals surface area contributed by atoms with Gasteiger partial charge in [0.25, 0.3) is 0 Å². The lowest BCUT2D eigenvalue weighted by molar-refractivity contribution is 0.231. The number of piperazine rings is 1. The zero-order chi connectivity index (χ0) is 13.8. The van der Waals surface area contributed by atoms with Crippen LogP contribution in [0.1, 0.15) is 12.5 Å². The molecule has 1 aliphatic heterocycles. The van der Waals surface area contributed by atoms with E-state index < -0.39 is 0 Å². The molecule has 0 aromatic heterocycles. The maximum Gasteiger partial charge on any atom is 0.101 e. The molecule has 0 spiro atoms. The molecule has 98 valence electrons. The summed E-state index contributed by atoms with van der Waals surface area (Å²) in [4.78, 5) is 4.38. The molecule has 1 aromatic rings. The van der Waals surface area contributed by atoms with Crippen LogP contribution in [0.4, 0.5) is 5.69 Å². The molecule has 1 atom stereocenters. The molecule has 4 nitrogen and oxygen atoms in total. The van der Waals surface area contributed by atoms with E-state index in [0.29, 0.717) is 5.56 Å². The van der Waals surface area contributed by atoms with E-state index in [1.54, 1.807) is 0 Å². The van der Waals surface area contributed by atoms with Crippen LogP contribution >= 0.6 is 15.9 Å². The highest BCUT2D eigenvalue weighted by molar-refractivity contribution is 9.10. The Kier molecular flexibility index (Phi) is 4.42. The van der Waals surface area contributed by atoms with Crippen molar-refractivity contribution in [1.82, 2.24) is 4.90 Å². The lowest BCUT2D eigenvalue weighted by atomic mass is 10.1. The second-order valence-electron chi connectivity index (χ2n) is 4.60. The summed E-state index contributed by atoms with van der Waals surface area (Å²) in [7, 11) is 0. The first-order valence-electron chi connectivity index (χ1n) is 6.24. The van der Waals surface area contributed by atoms with E-state index in [9.17, 15) is 5.26 Å². The first kappa shape index (κ1) is 13.9. The van der Waals surface area contributed by atoms with Crippen LogP contribution in [0, 0.1) is 22.7 Å². The Morgan fingerprint density at radius 3 is 2.47 bits per heavy atom. The Balaban J connectivity index is 2.12. The van der Waals surface area contributed by atoms with Gasteiger partial charge in [0.2, 0.25) is 0 Å². The molecule has 2 rings (SSSR count). The molecule has 0 amide bonds. The van der Waals surface area contributed by atoms with Crippen molar-refractivity contribution in [3.05, 3.63) is 28.2 Å². The van der Waals surface area contributed by atoms with E-state index >= 15 is 0 Å². The van der Waals surface area contributed by atoms with E-state index in [4.69, 9.17) is 5.26 Å². The summed E-state index contributed by atoms with van der Waals surface area (Å²) in [6.07, 6.45) is 0. The molecule has 0 N–H and O–H groups in total. The highest BCUT2D eigenvalue weighted by Crippen LogP contribution is 2.25. The summed E-state index contributed by atoms with van der Waals surface area (Å²) >= 11 is 3.45. The van der Waals surface area contributed by atoms with E-state index in [1.165, 1.54) is 0 Å². The first-order valence-corrected chi connectivity index (χ1v) is 7.03. The van der Waals surface area contributed by atoms with Gasteiger partial charge >= 0.3 is 0 Å². The van der Waals surface area contributed by atoms with Crippen LogP contribution in [0.2, 0.25) is 0 Å². The van der Waals surface area contributed by atoms with Gasteiger partial charge in [-0.15, -0.1) is 0 Å². The molecule has 5 heteroatoms. The second kappa shape index (κ2) is 6.06. The van der Waals surface area contributed by atoms with Crippen molar-refractivity contribution in [2.45, 2.75) is 13.0 Å². The van der Waals surface area contributed by atoms with Crippen molar-refractivity contribution >= 4 is 21.6 Å². The summed E-state index contributed by atoms with van der Waals surface area (Å²) in [5.74, 6) is 0. The lowest BCUT2D eigenvalue weighted by Crippen LogP contribution is -2.49. The fourth-order valence-electron chi connectivity index (χ4n) is 2.29. The number of benzene rings is 1. The summed E-state index contributed by atoms with van der Waals surface area (Å²) in [6, 6.07) is 10.2. The zero-order valence-electron chi connectivity index (χ0n) is 10.8. The standard InChI is InChI=1S/C14H15BrN4/c1-11(9-16)18-4-6-19(7-5-18)14-8-13(15)3-2-12(14)10-17/h2-3,8,11H,4-7H2,1H3. The summed E-state index contributed by atoms with van der Waals surface area (Å²) in [6.45, 7) is 5.32. The van der Waals surface area contributed by atoms with Gasteiger partial charge in [0.05, 0.1) is 23.4 Å². The number of hydrogen-bond acceptors (Lipinski definition) is 4. The molecular formula is C14H15BrN4. The van der Waals surface area contributed by atoms with Crippen LogP contribution in [0.5, 0.6) is 0 Å². The number of halogens is 1. The third-order valence-corrected chi connectivity index (χ3v) is 3.96. The largest absolute Gasteiger partial charge is 0.368 e. The molecule has 0 saturated carbocycles. The van der Waals surface area contributed by atoms with Crippen molar-refractivity contribution in [3.63, 3.8) is 0 Å². The summed E-state index contributed by atoms with van der Waals surface area (Å²) < 4.78 is 0.981. The normalized spacial score (nSPS) is 17.6. The minimum atomic E-state index is -0.0416. The third kappa shape index (κ3) is 3.07. The minimum absolute atomic E-state index is 0.0416. The maximum atomic E-state index is 9.17. The Morgan fingerprint density at radius 2 is 1.89 bits per heavy atom. The molecule has 1 fully saturated rings. The van der Waals surface area contributed by atoms with Crippen molar-refractivity contribution in [1.29, 1.82) is 10.5 Å². The predicted octanol–water partition coefficient (Wildman–Crippen LogP) is 2.35. The maximum absolute atomic E-state index is 9.17. The molecule has 0 radical (unpaired) electrons. The highest BCUT2D eigenvalue weighted by Gasteiger charge is 2.22. The summed E-state index contributed by atoms with van der Waals surface area (Å²) in [5.41, 5.74) is 1.67. The number of hydrogen-bond donors (Lipinski definition) is 0. The van der Waals surface area contributed by atoms with Crippen LogP contribution in [0.15, 0.2) is 22.7 Å². The van der Waals surface area contributed by atoms with Gasteiger partial charge < -0.3 is 4.90 Å². The van der Waals surface area contributed by atoms with Crippen LogP contribution in [0.3, 0.4) is 0 Å². The highest BCUT2D eigenvalue weighted by atomic mass is 79.9. The first-order chi connectivity index (χ1) is 9.15. The molecular weight excluding hydrogens is 304 g/mol. The van der Waals surface area contributed by atoms with Crippen LogP contribution in [0.25, 0.3) is 0 Å². The molecule has 1 unspecified atom stereocenters. The second-order valence-corrected chi connectivity index (χ2v) is 5.52. The topological polar surface area (TPSA) is 54.1 Å². The van der Waals surface area contributed by atoms with Gasteiger partial charge in [-0.25, -0.2) is 0 Å². The molecule has 1 saturated heterocycles. The van der Waals surface area contributed by atoms with Crippen molar-refractivity contribution < 1.29 is 0 Å². The number of rotatable bonds is 2. The van der Waals surface area contributed by atoms with Gasteiger partial charge in [-0.05, 0) is 25.1 Å². The van der Waals surface area contributed by atoms with Gasteiger partial charge in [-0.3, -0.25) is 4.90 Å². The van der Waals surface area contributed by atoms with E-state index in [1.807, 2.05) is 25.1 Å². The molecule has 19 heavy (non-hydrogen) atoms. The lowest BCUT2D eigenvalue weighted by Gasteiger charge is -2.37. The average molecular weight is 319 g/mol. The molecule has 1 aromatic carbocycles. The Hall–Kier alpha value is -1.56. The molecule has 1 aliphatic rings. The van der Waals surface area contributed by atoms with E-state index in [2.05, 4.69) is 37.9 Å². The van der Waals surface area contributed by atoms with E-state index in [-0.39, 0.29) is 6.04 Å². The van der Waals surface area contributed by atoms with Crippen molar-refractivity contribution in [2.24, 2.45) is 0 Å². The SMILES string of the molecule is CC(C#N)N1CCN(c2cc(Br)ccc2C#N)CC1. The fourth-order valence-corrected chi connectivity index (χ4v) is 2.64. The fraction of sp³-hybridized carbons (Fsp3) is 0.429. The average Bonchev–Trinajstić information content (AvgIpc) is 2.46. The van der Waals surface area contributed by atoms with Gasteiger partial charge in [-0.1, -0.05) is 15.9 Å². The Bertz CT molecular complexity index is 535. The smallest absolute Gasteiger partial charge is 0.101 e. The molecule has 0 aliphatic carbocycles. The number of anilines is 1. The van der Waals surface area contributed by atoms with Crippen LogP contribution < -0.4 is 4.90 Å². The van der Waals surface area contributed by atoms with Gasteiger partial charge in [0.15, 0.2) is 0 Å². The van der Waals surface area contributed by atoms with Gasteiger partial charge in [0, 0.05) is 30.7 Å². The Morgan fingerprint density at radius 1 is 1.21 bits per heavy atom. The van der Waals surface area contributed by atoms with Crippen molar-refractivity contribution in [2.75, 3.05) is 31.1 Å². The monoisotopic (exact) mass is 318 g/mol. The molecule has 0 bridgehead atoms. The number of nitrogens with zero attached hydrogens (tertiary/aromatic N) is 4. The quantitative estimate of drug-likeness (QED) is 0.840. The molecule has 1 heterocycles. The van der Waals surface area contributed by atoms with E-state index in [0.717, 1.165) is 36.3 Å². The summed E-state index contributed by atoms with van der Waals surface area (Å²) in [5, 5.41) is 18.1. The predicted molar refractivity (Wildman–Crippen MR) is 77.7 cm³/mol. The number of nitriles is 2. The minimum Gasteiger partial charge on any atom is -0.368 e. The third-order valence-electron chi connectivity index (χ3n) is 3.47. The van der Waals surface area contributed by atoms with Crippen LogP contribution in [-0.4, -0.2) is 37.1 Å². The van der Waals surface area contributed by atoms with Gasteiger partial charge in [0.1, 0.15) is 6.07 Å². The van der Waals surface area contributed by atoms with Crippen LogP contribution in [-0.2, 0) is 0 Å². The van der Waals surface area contributed by atoms with Gasteiger partial charge in [-0.2, -0.15) is 10.5 Å². The van der Waals surface area contributed by atoms with Crippen molar-refractivity contribution in [3.8, 4) is 12.1 Å². The zero-order valence-corrected chi connectivity index (χ0v) is 12.4. The Labute approximate surface area is 122 Å².